The highest BCUT2D eigenvalue weighted by Crippen LogP contribution is 2.22. The molecular formula is C15H22ClN3O4. The van der Waals surface area contributed by atoms with Crippen molar-refractivity contribution in [1.82, 2.24) is 10.3 Å². The molecule has 0 fully saturated rings. The molecule has 23 heavy (non-hydrogen) atoms. The molecule has 0 aromatic carbocycles. The van der Waals surface area contributed by atoms with Crippen molar-refractivity contribution in [1.29, 1.82) is 0 Å². The lowest BCUT2D eigenvalue weighted by Gasteiger charge is -2.25. The van der Waals surface area contributed by atoms with E-state index in [0.29, 0.717) is 17.9 Å². The van der Waals surface area contributed by atoms with Gasteiger partial charge in [0.15, 0.2) is 0 Å². The maximum absolute atomic E-state index is 12.2. The van der Waals surface area contributed by atoms with Crippen LogP contribution in [-0.2, 0) is 20.8 Å². The second-order valence-electron chi connectivity index (χ2n) is 5.84. The molecule has 0 atom stereocenters. The van der Waals surface area contributed by atoms with Gasteiger partial charge in [-0.05, 0) is 26.8 Å². The topological polar surface area (TPSA) is 80.8 Å². The van der Waals surface area contributed by atoms with E-state index < -0.39 is 11.7 Å². The molecule has 0 saturated heterocycles. The minimum atomic E-state index is -0.618. The first-order valence-electron chi connectivity index (χ1n) is 7.03. The molecule has 0 saturated carbocycles. The van der Waals surface area contributed by atoms with Crippen molar-refractivity contribution in [2.24, 2.45) is 0 Å². The number of nitrogens with one attached hydrogen (secondary N) is 1. The fourth-order valence-electron chi connectivity index (χ4n) is 1.67. The fraction of sp³-hybridized carbons (Fsp3) is 0.533. The number of carbonyl (C=O) groups excluding carboxylic acids is 2. The quantitative estimate of drug-likeness (QED) is 0.653. The van der Waals surface area contributed by atoms with Crippen LogP contribution in [0.3, 0.4) is 0 Å². The SMILES string of the molecule is COC(=O)CNCc1ccc(Cl)nc1N(C)C(=O)OC(C)(C)C. The van der Waals surface area contributed by atoms with E-state index in [0.717, 1.165) is 0 Å². The first-order valence-corrected chi connectivity index (χ1v) is 7.41. The van der Waals surface area contributed by atoms with Gasteiger partial charge < -0.3 is 14.8 Å². The van der Waals surface area contributed by atoms with Gasteiger partial charge in [0.2, 0.25) is 0 Å². The van der Waals surface area contributed by atoms with Crippen LogP contribution in [0.2, 0.25) is 5.15 Å². The van der Waals surface area contributed by atoms with Crippen molar-refractivity contribution < 1.29 is 19.1 Å². The first kappa shape index (κ1) is 19.2. The number of methoxy groups -OCH3 is 1. The third kappa shape index (κ3) is 6.42. The standard InChI is InChI=1S/C15H22ClN3O4/c1-15(2,3)23-14(21)19(4)13-10(6-7-11(16)18-13)8-17-9-12(20)22-5/h6-7,17H,8-9H2,1-5H3. The number of amides is 1. The van der Waals surface area contributed by atoms with Gasteiger partial charge in [0.05, 0.1) is 13.7 Å². The molecule has 128 valence electrons. The molecule has 0 bridgehead atoms. The van der Waals surface area contributed by atoms with Crippen molar-refractivity contribution in [3.63, 3.8) is 0 Å². The van der Waals surface area contributed by atoms with Crippen LogP contribution >= 0.6 is 11.6 Å². The van der Waals surface area contributed by atoms with Gasteiger partial charge in [-0.3, -0.25) is 9.69 Å². The Morgan fingerprint density at radius 3 is 2.57 bits per heavy atom. The monoisotopic (exact) mass is 343 g/mol. The van der Waals surface area contributed by atoms with Crippen molar-refractivity contribution in [2.75, 3.05) is 25.6 Å². The smallest absolute Gasteiger partial charge is 0.415 e. The lowest BCUT2D eigenvalue weighted by molar-refractivity contribution is -0.139. The minimum Gasteiger partial charge on any atom is -0.468 e. The molecule has 7 nitrogen and oxygen atoms in total. The van der Waals surface area contributed by atoms with Crippen LogP contribution in [-0.4, -0.2) is 43.3 Å². The van der Waals surface area contributed by atoms with E-state index in [9.17, 15) is 9.59 Å². The largest absolute Gasteiger partial charge is 0.468 e. The van der Waals surface area contributed by atoms with Crippen molar-refractivity contribution in [3.05, 3.63) is 22.8 Å². The Kier molecular flexibility index (Phi) is 6.78. The summed E-state index contributed by atoms with van der Waals surface area (Å²) in [4.78, 5) is 28.8. The number of aromatic nitrogens is 1. The summed E-state index contributed by atoms with van der Waals surface area (Å²) in [5, 5.41) is 3.17. The third-order valence-electron chi connectivity index (χ3n) is 2.72. The molecule has 1 aromatic rings. The maximum atomic E-state index is 12.2. The van der Waals surface area contributed by atoms with Gasteiger partial charge in [-0.2, -0.15) is 0 Å². The molecule has 0 radical (unpaired) electrons. The zero-order valence-corrected chi connectivity index (χ0v) is 14.7. The molecule has 1 aromatic heterocycles. The molecule has 1 N–H and O–H groups in total. The normalized spacial score (nSPS) is 11.0. The number of rotatable bonds is 5. The van der Waals surface area contributed by atoms with Crippen LogP contribution in [0.4, 0.5) is 10.6 Å². The second-order valence-corrected chi connectivity index (χ2v) is 6.22. The van der Waals surface area contributed by atoms with E-state index in [-0.39, 0.29) is 17.7 Å². The summed E-state index contributed by atoms with van der Waals surface area (Å²) in [5.41, 5.74) is 0.0828. The van der Waals surface area contributed by atoms with Crippen LogP contribution in [0.1, 0.15) is 26.3 Å². The van der Waals surface area contributed by atoms with E-state index in [1.807, 2.05) is 0 Å². The van der Waals surface area contributed by atoms with Crippen molar-refractivity contribution >= 4 is 29.5 Å². The van der Waals surface area contributed by atoms with Gasteiger partial charge >= 0.3 is 12.1 Å². The Labute approximate surface area is 140 Å². The van der Waals surface area contributed by atoms with Crippen molar-refractivity contribution in [3.8, 4) is 0 Å². The van der Waals surface area contributed by atoms with Crippen LogP contribution < -0.4 is 10.2 Å². The number of halogens is 1. The molecule has 0 unspecified atom stereocenters. The van der Waals surface area contributed by atoms with Crippen LogP contribution in [0.15, 0.2) is 12.1 Å². The molecule has 1 heterocycles. The van der Waals surface area contributed by atoms with Gasteiger partial charge in [0, 0.05) is 19.2 Å². The van der Waals surface area contributed by atoms with Gasteiger partial charge in [-0.1, -0.05) is 17.7 Å². The highest BCUT2D eigenvalue weighted by atomic mass is 35.5. The summed E-state index contributed by atoms with van der Waals surface area (Å²) in [6.45, 7) is 5.71. The number of pyridine rings is 1. The Morgan fingerprint density at radius 2 is 2.00 bits per heavy atom. The van der Waals surface area contributed by atoms with Crippen molar-refractivity contribution in [2.45, 2.75) is 32.9 Å². The number of nitrogens with zero attached hydrogens (tertiary/aromatic N) is 2. The first-order chi connectivity index (χ1) is 10.6. The highest BCUT2D eigenvalue weighted by Gasteiger charge is 2.23. The number of ether oxygens (including phenoxy) is 2. The predicted molar refractivity (Wildman–Crippen MR) is 87.6 cm³/mol. The van der Waals surface area contributed by atoms with Gasteiger partial charge in [-0.25, -0.2) is 9.78 Å². The second kappa shape index (κ2) is 8.12. The van der Waals surface area contributed by atoms with Crippen LogP contribution in [0, 0.1) is 0 Å². The molecule has 0 spiro atoms. The summed E-state index contributed by atoms with van der Waals surface area (Å²) in [6.07, 6.45) is -0.540. The fourth-order valence-corrected chi connectivity index (χ4v) is 1.81. The minimum absolute atomic E-state index is 0.0503. The summed E-state index contributed by atoms with van der Waals surface area (Å²) >= 11 is 5.92. The van der Waals surface area contributed by atoms with E-state index in [4.69, 9.17) is 16.3 Å². The number of hydrogen-bond donors (Lipinski definition) is 1. The van der Waals surface area contributed by atoms with Gasteiger partial charge in [0.1, 0.15) is 16.6 Å². The van der Waals surface area contributed by atoms with E-state index in [1.165, 1.54) is 12.0 Å². The summed E-state index contributed by atoms with van der Waals surface area (Å²) in [5.74, 6) is -0.0157. The predicted octanol–water partition coefficient (Wildman–Crippen LogP) is 2.37. The highest BCUT2D eigenvalue weighted by molar-refractivity contribution is 6.29. The van der Waals surface area contributed by atoms with Gasteiger partial charge in [-0.15, -0.1) is 0 Å². The summed E-state index contributed by atoms with van der Waals surface area (Å²) < 4.78 is 9.87. The average Bonchev–Trinajstić information content (AvgIpc) is 2.45. The Morgan fingerprint density at radius 1 is 1.35 bits per heavy atom. The third-order valence-corrected chi connectivity index (χ3v) is 2.93. The number of anilines is 1. The number of esters is 1. The zero-order chi connectivity index (χ0) is 17.6. The lowest BCUT2D eigenvalue weighted by Crippen LogP contribution is -2.35. The van der Waals surface area contributed by atoms with E-state index >= 15 is 0 Å². The number of hydrogen-bond acceptors (Lipinski definition) is 6. The summed E-state index contributed by atoms with van der Waals surface area (Å²) in [7, 11) is 2.87. The lowest BCUT2D eigenvalue weighted by atomic mass is 10.2. The van der Waals surface area contributed by atoms with Crippen LogP contribution in [0.5, 0.6) is 0 Å². The molecular weight excluding hydrogens is 322 g/mol. The molecule has 8 heteroatoms. The summed E-state index contributed by atoms with van der Waals surface area (Å²) in [6, 6.07) is 3.35. The molecule has 1 rings (SSSR count). The molecule has 0 aliphatic heterocycles. The zero-order valence-electron chi connectivity index (χ0n) is 14.0. The number of carbonyl (C=O) groups is 2. The van der Waals surface area contributed by atoms with Crippen LogP contribution in [0.25, 0.3) is 0 Å². The molecule has 0 aliphatic rings. The van der Waals surface area contributed by atoms with E-state index in [1.54, 1.807) is 40.0 Å². The van der Waals surface area contributed by atoms with Gasteiger partial charge in [0.25, 0.3) is 0 Å². The van der Waals surface area contributed by atoms with E-state index in [2.05, 4.69) is 15.0 Å². The Bertz CT molecular complexity index is 572. The average molecular weight is 344 g/mol. The molecule has 0 aliphatic carbocycles. The maximum Gasteiger partial charge on any atom is 0.415 e. The molecule has 1 amide bonds. The Balaban J connectivity index is 2.89. The Hall–Kier alpha value is -1.86.